The largest absolute Gasteiger partial charge is 0.466 e. The average molecular weight is 473 g/mol. The van der Waals surface area contributed by atoms with Gasteiger partial charge >= 0.3 is 5.97 Å². The molecule has 1 heterocycles. The second-order valence-corrected chi connectivity index (χ2v) is 10.3. The van der Waals surface area contributed by atoms with Crippen molar-refractivity contribution in [2.75, 3.05) is 19.7 Å². The highest BCUT2D eigenvalue weighted by Gasteiger charge is 2.33. The van der Waals surface area contributed by atoms with Crippen LogP contribution in [0.2, 0.25) is 0 Å². The van der Waals surface area contributed by atoms with Gasteiger partial charge in [0, 0.05) is 19.0 Å². The lowest BCUT2D eigenvalue weighted by molar-refractivity contribution is -0.144. The first kappa shape index (κ1) is 24.9. The van der Waals surface area contributed by atoms with E-state index in [0.29, 0.717) is 17.7 Å². The molecule has 3 rings (SSSR count). The number of nitrogens with zero attached hydrogens (tertiary/aromatic N) is 1. The van der Waals surface area contributed by atoms with E-state index in [9.17, 15) is 18.0 Å². The van der Waals surface area contributed by atoms with Gasteiger partial charge in [0.25, 0.3) is 0 Å². The normalized spacial score (nSPS) is 16.2. The molecule has 7 nitrogen and oxygen atoms in total. The van der Waals surface area contributed by atoms with Crippen LogP contribution in [-0.4, -0.2) is 44.3 Å². The molecule has 1 unspecified atom stereocenters. The highest BCUT2D eigenvalue weighted by Crippen LogP contribution is 2.27. The number of carbonyl (C=O) groups is 2. The van der Waals surface area contributed by atoms with Gasteiger partial charge in [0.2, 0.25) is 15.9 Å². The van der Waals surface area contributed by atoms with Gasteiger partial charge in [-0.25, -0.2) is 8.42 Å². The molecule has 1 aliphatic heterocycles. The predicted molar refractivity (Wildman–Crippen MR) is 126 cm³/mol. The molecule has 1 fully saturated rings. The second kappa shape index (κ2) is 10.9. The van der Waals surface area contributed by atoms with Gasteiger partial charge in [0.1, 0.15) is 0 Å². The van der Waals surface area contributed by atoms with E-state index in [1.165, 1.54) is 4.31 Å². The fourth-order valence-corrected chi connectivity index (χ4v) is 5.88. The van der Waals surface area contributed by atoms with Crippen LogP contribution in [0.15, 0.2) is 53.4 Å². The van der Waals surface area contributed by atoms with Crippen molar-refractivity contribution in [3.63, 3.8) is 0 Å². The van der Waals surface area contributed by atoms with E-state index < -0.39 is 16.1 Å². The Bertz CT molecular complexity index is 1080. The minimum absolute atomic E-state index is 0.0452. The summed E-state index contributed by atoms with van der Waals surface area (Å²) in [4.78, 5) is 25.4. The highest BCUT2D eigenvalue weighted by molar-refractivity contribution is 7.89. The lowest BCUT2D eigenvalue weighted by Crippen LogP contribution is -2.44. The van der Waals surface area contributed by atoms with Crippen LogP contribution in [0, 0.1) is 19.8 Å². The van der Waals surface area contributed by atoms with Crippen LogP contribution >= 0.6 is 0 Å². The van der Waals surface area contributed by atoms with Crippen molar-refractivity contribution >= 4 is 21.9 Å². The molecule has 1 atom stereocenters. The Morgan fingerprint density at radius 3 is 2.36 bits per heavy atom. The summed E-state index contributed by atoms with van der Waals surface area (Å²) in [6.45, 7) is 6.31. The van der Waals surface area contributed by atoms with Crippen LogP contribution in [0.1, 0.15) is 48.9 Å². The third-order valence-electron chi connectivity index (χ3n) is 5.97. The van der Waals surface area contributed by atoms with Gasteiger partial charge in [0.05, 0.1) is 24.0 Å². The summed E-state index contributed by atoms with van der Waals surface area (Å²) >= 11 is 0. The molecule has 0 saturated carbocycles. The van der Waals surface area contributed by atoms with Gasteiger partial charge in [-0.3, -0.25) is 9.59 Å². The molecule has 8 heteroatoms. The lowest BCUT2D eigenvalue weighted by Gasteiger charge is -2.32. The third kappa shape index (κ3) is 6.21. The Hall–Kier alpha value is -2.71. The summed E-state index contributed by atoms with van der Waals surface area (Å²) in [5.41, 5.74) is 2.56. The molecule has 1 saturated heterocycles. The van der Waals surface area contributed by atoms with Crippen LogP contribution in [0.5, 0.6) is 0 Å². The Morgan fingerprint density at radius 1 is 1.09 bits per heavy atom. The van der Waals surface area contributed by atoms with Crippen LogP contribution in [-0.2, 0) is 24.3 Å². The van der Waals surface area contributed by atoms with E-state index in [1.807, 2.05) is 43.3 Å². The molecule has 0 radical (unpaired) electrons. The summed E-state index contributed by atoms with van der Waals surface area (Å²) in [6.07, 6.45) is 0.900. The molecule has 0 bridgehead atoms. The summed E-state index contributed by atoms with van der Waals surface area (Å²) in [6, 6.07) is 14.1. The second-order valence-electron chi connectivity index (χ2n) is 8.43. The zero-order valence-corrected chi connectivity index (χ0v) is 20.2. The smallest absolute Gasteiger partial charge is 0.308 e. The topological polar surface area (TPSA) is 92.8 Å². The number of aryl methyl sites for hydroxylation is 2. The van der Waals surface area contributed by atoms with Gasteiger partial charge in [0.15, 0.2) is 0 Å². The number of carbonyl (C=O) groups excluding carboxylic acids is 2. The summed E-state index contributed by atoms with van der Waals surface area (Å²) in [5, 5.41) is 2.99. The average Bonchev–Trinajstić information content (AvgIpc) is 2.79. The van der Waals surface area contributed by atoms with Crippen molar-refractivity contribution in [1.82, 2.24) is 9.62 Å². The molecule has 178 valence electrons. The predicted octanol–water partition coefficient (Wildman–Crippen LogP) is 3.51. The maximum absolute atomic E-state index is 13.1. The molecule has 33 heavy (non-hydrogen) atoms. The van der Waals surface area contributed by atoms with E-state index in [4.69, 9.17) is 4.74 Å². The van der Waals surface area contributed by atoms with Gasteiger partial charge in [-0.15, -0.1) is 0 Å². The van der Waals surface area contributed by atoms with E-state index >= 15 is 0 Å². The number of sulfonamides is 1. The summed E-state index contributed by atoms with van der Waals surface area (Å²) in [7, 11) is -3.61. The Kier molecular flexibility index (Phi) is 8.26. The van der Waals surface area contributed by atoms with Crippen molar-refractivity contribution < 1.29 is 22.7 Å². The molecular formula is C25H32N2O5S. The molecule has 1 amide bonds. The van der Waals surface area contributed by atoms with Crippen molar-refractivity contribution in [1.29, 1.82) is 0 Å². The number of piperidine rings is 1. The first-order chi connectivity index (χ1) is 15.7. The van der Waals surface area contributed by atoms with Crippen molar-refractivity contribution in [2.24, 2.45) is 5.92 Å². The standard InChI is InChI=1S/C25H32N2O5S/c1-4-32-24(28)17-22(20-8-6-5-7-9-20)26-25(29)21-12-14-27(15-13-21)33(30,31)23-11-10-18(2)16-19(23)3/h5-11,16,21-22H,4,12-15,17H2,1-3H3,(H,26,29). The van der Waals surface area contributed by atoms with Gasteiger partial charge < -0.3 is 10.1 Å². The first-order valence-corrected chi connectivity index (χ1v) is 12.7. The van der Waals surface area contributed by atoms with Crippen LogP contribution < -0.4 is 5.32 Å². The quantitative estimate of drug-likeness (QED) is 0.594. The van der Waals surface area contributed by atoms with Crippen molar-refractivity contribution in [2.45, 2.75) is 51.0 Å². The molecule has 1 aliphatic rings. The Balaban J connectivity index is 1.65. The van der Waals surface area contributed by atoms with Crippen molar-refractivity contribution in [3.05, 3.63) is 65.2 Å². The number of nitrogens with one attached hydrogen (secondary N) is 1. The fraction of sp³-hybridized carbons (Fsp3) is 0.440. The minimum Gasteiger partial charge on any atom is -0.466 e. The summed E-state index contributed by atoms with van der Waals surface area (Å²) in [5.74, 6) is -0.860. The maximum atomic E-state index is 13.1. The van der Waals surface area contributed by atoms with Crippen LogP contribution in [0.25, 0.3) is 0 Å². The van der Waals surface area contributed by atoms with E-state index in [-0.39, 0.29) is 43.9 Å². The first-order valence-electron chi connectivity index (χ1n) is 11.3. The van der Waals surface area contributed by atoms with E-state index in [0.717, 1.165) is 16.7 Å². The SMILES string of the molecule is CCOC(=O)CC(NC(=O)C1CCN(S(=O)(=O)c2ccc(C)cc2C)CC1)c1ccccc1. The number of rotatable bonds is 8. The lowest BCUT2D eigenvalue weighted by atomic mass is 9.95. The molecule has 0 aromatic heterocycles. The number of amides is 1. The molecular weight excluding hydrogens is 440 g/mol. The monoisotopic (exact) mass is 472 g/mol. The molecule has 0 spiro atoms. The Labute approximate surface area is 196 Å². The molecule has 0 aliphatic carbocycles. The molecule has 1 N–H and O–H groups in total. The third-order valence-corrected chi connectivity index (χ3v) is 8.03. The minimum atomic E-state index is -3.61. The number of esters is 1. The van der Waals surface area contributed by atoms with E-state index in [1.54, 1.807) is 26.0 Å². The van der Waals surface area contributed by atoms with Crippen LogP contribution in [0.3, 0.4) is 0 Å². The highest BCUT2D eigenvalue weighted by atomic mass is 32.2. The zero-order valence-electron chi connectivity index (χ0n) is 19.4. The number of ether oxygens (including phenoxy) is 1. The maximum Gasteiger partial charge on any atom is 0.308 e. The van der Waals surface area contributed by atoms with E-state index in [2.05, 4.69) is 5.32 Å². The van der Waals surface area contributed by atoms with Crippen molar-refractivity contribution in [3.8, 4) is 0 Å². The Morgan fingerprint density at radius 2 is 1.76 bits per heavy atom. The molecule has 2 aromatic carbocycles. The number of hydrogen-bond acceptors (Lipinski definition) is 5. The van der Waals surface area contributed by atoms with Gasteiger partial charge in [-0.2, -0.15) is 4.31 Å². The van der Waals surface area contributed by atoms with Crippen LogP contribution in [0.4, 0.5) is 0 Å². The number of benzene rings is 2. The van der Waals surface area contributed by atoms with Gasteiger partial charge in [-0.05, 0) is 50.8 Å². The fourth-order valence-electron chi connectivity index (χ4n) is 4.20. The summed E-state index contributed by atoms with van der Waals surface area (Å²) < 4.78 is 32.8. The zero-order chi connectivity index (χ0) is 24.0. The number of hydrogen-bond donors (Lipinski definition) is 1. The van der Waals surface area contributed by atoms with Gasteiger partial charge in [-0.1, -0.05) is 48.0 Å². The molecule has 2 aromatic rings.